The maximum atomic E-state index is 12.6. The van der Waals surface area contributed by atoms with E-state index in [2.05, 4.69) is 37.4 Å². The second-order valence-corrected chi connectivity index (χ2v) is 5.64. The van der Waals surface area contributed by atoms with Gasteiger partial charge in [-0.05, 0) is 6.07 Å². The number of alkyl halides is 3. The van der Waals surface area contributed by atoms with Gasteiger partial charge in [0.25, 0.3) is 0 Å². The molecule has 0 radical (unpaired) electrons. The van der Waals surface area contributed by atoms with Gasteiger partial charge in [0.1, 0.15) is 5.69 Å². The van der Waals surface area contributed by atoms with Crippen molar-refractivity contribution in [2.75, 3.05) is 37.6 Å². The van der Waals surface area contributed by atoms with Gasteiger partial charge < -0.3 is 4.90 Å². The molecule has 1 aromatic heterocycles. The highest BCUT2D eigenvalue weighted by atomic mass is 79.9. The van der Waals surface area contributed by atoms with E-state index in [1.165, 1.54) is 0 Å². The van der Waals surface area contributed by atoms with Crippen molar-refractivity contribution >= 4 is 21.9 Å². The number of hydrogen-bond acceptors (Lipinski definition) is 4. The molecule has 0 atom stereocenters. The molecule has 0 bridgehead atoms. The Hall–Kier alpha value is -1.15. The molecule has 1 aliphatic heterocycles. The Morgan fingerprint density at radius 1 is 1.30 bits per heavy atom. The first-order valence-corrected chi connectivity index (χ1v) is 6.86. The van der Waals surface area contributed by atoms with Gasteiger partial charge in [0.15, 0.2) is 0 Å². The zero-order chi connectivity index (χ0) is 14.8. The normalized spacial score (nSPS) is 17.3. The van der Waals surface area contributed by atoms with Crippen LogP contribution in [0.25, 0.3) is 0 Å². The van der Waals surface area contributed by atoms with E-state index in [1.54, 1.807) is 4.90 Å². The molecule has 0 saturated carbocycles. The molecule has 1 aliphatic rings. The lowest BCUT2D eigenvalue weighted by Crippen LogP contribution is -2.47. The molecule has 8 heteroatoms. The summed E-state index contributed by atoms with van der Waals surface area (Å²) in [6.07, 6.45) is -3.29. The van der Waals surface area contributed by atoms with Gasteiger partial charge in [0, 0.05) is 43.4 Å². The second kappa shape index (κ2) is 6.09. The van der Waals surface area contributed by atoms with Gasteiger partial charge in [-0.15, -0.1) is 0 Å². The number of nitrogens with zero attached hydrogens (tertiary/aromatic N) is 4. The SMILES string of the molecule is C=C(Br)CN1CCN(c2nccc(C(F)(F)F)n2)CC1. The van der Waals surface area contributed by atoms with Gasteiger partial charge in [-0.2, -0.15) is 13.2 Å². The number of rotatable bonds is 3. The third-order valence-electron chi connectivity index (χ3n) is 2.98. The summed E-state index contributed by atoms with van der Waals surface area (Å²) in [6.45, 7) is 7.19. The molecule has 2 heterocycles. The van der Waals surface area contributed by atoms with E-state index in [9.17, 15) is 13.2 Å². The average Bonchev–Trinajstić information content (AvgIpc) is 2.38. The van der Waals surface area contributed by atoms with Crippen LogP contribution in [0.15, 0.2) is 23.3 Å². The first-order chi connectivity index (χ1) is 9.36. The van der Waals surface area contributed by atoms with Crippen molar-refractivity contribution in [2.24, 2.45) is 0 Å². The van der Waals surface area contributed by atoms with E-state index in [4.69, 9.17) is 0 Å². The van der Waals surface area contributed by atoms with Gasteiger partial charge in [0.05, 0.1) is 0 Å². The Morgan fingerprint density at radius 2 is 1.95 bits per heavy atom. The number of anilines is 1. The Kier molecular flexibility index (Phi) is 4.64. The minimum absolute atomic E-state index is 0.136. The van der Waals surface area contributed by atoms with Crippen LogP contribution < -0.4 is 4.90 Å². The molecule has 1 fully saturated rings. The average molecular weight is 351 g/mol. The van der Waals surface area contributed by atoms with Crippen LogP contribution in [-0.2, 0) is 6.18 Å². The second-order valence-electron chi connectivity index (χ2n) is 4.52. The van der Waals surface area contributed by atoms with E-state index < -0.39 is 11.9 Å². The lowest BCUT2D eigenvalue weighted by molar-refractivity contribution is -0.141. The van der Waals surface area contributed by atoms with Crippen LogP contribution in [-0.4, -0.2) is 47.6 Å². The van der Waals surface area contributed by atoms with Crippen molar-refractivity contribution in [3.8, 4) is 0 Å². The number of halogens is 4. The van der Waals surface area contributed by atoms with E-state index in [0.717, 1.165) is 36.4 Å². The molecule has 0 amide bonds. The number of piperazine rings is 1. The molecule has 0 aromatic carbocycles. The molecule has 2 rings (SSSR count). The molecule has 0 spiro atoms. The van der Waals surface area contributed by atoms with Crippen molar-refractivity contribution in [3.63, 3.8) is 0 Å². The molecular weight excluding hydrogens is 337 g/mol. The van der Waals surface area contributed by atoms with Crippen LogP contribution in [0.1, 0.15) is 5.69 Å². The summed E-state index contributed by atoms with van der Waals surface area (Å²) in [4.78, 5) is 11.5. The molecule has 1 aromatic rings. The molecule has 1 saturated heterocycles. The highest BCUT2D eigenvalue weighted by Crippen LogP contribution is 2.28. The summed E-state index contributed by atoms with van der Waals surface area (Å²) in [7, 11) is 0. The fourth-order valence-electron chi connectivity index (χ4n) is 2.01. The molecule has 110 valence electrons. The molecule has 4 nitrogen and oxygen atoms in total. The van der Waals surface area contributed by atoms with Gasteiger partial charge in [-0.25, -0.2) is 9.97 Å². The Balaban J connectivity index is 2.02. The van der Waals surface area contributed by atoms with Gasteiger partial charge in [0.2, 0.25) is 5.95 Å². The first-order valence-electron chi connectivity index (χ1n) is 6.07. The van der Waals surface area contributed by atoms with Crippen molar-refractivity contribution < 1.29 is 13.2 Å². The van der Waals surface area contributed by atoms with Gasteiger partial charge in [-0.1, -0.05) is 22.5 Å². The minimum Gasteiger partial charge on any atom is -0.338 e. The lowest BCUT2D eigenvalue weighted by Gasteiger charge is -2.34. The standard InChI is InChI=1S/C12H14BrF3N4/c1-9(13)8-19-4-6-20(7-5-19)11-17-3-2-10(18-11)12(14,15)16/h2-3H,1,4-8H2. The van der Waals surface area contributed by atoms with Crippen LogP contribution in [0.3, 0.4) is 0 Å². The third kappa shape index (κ3) is 3.92. The topological polar surface area (TPSA) is 32.3 Å². The summed E-state index contributed by atoms with van der Waals surface area (Å²) in [5, 5.41) is 0. The molecule has 20 heavy (non-hydrogen) atoms. The molecule has 0 N–H and O–H groups in total. The third-order valence-corrected chi connectivity index (χ3v) is 3.23. The van der Waals surface area contributed by atoms with Crippen molar-refractivity contribution in [1.29, 1.82) is 0 Å². The van der Waals surface area contributed by atoms with Gasteiger partial charge in [-0.3, -0.25) is 4.90 Å². The Morgan fingerprint density at radius 3 is 2.50 bits per heavy atom. The Bertz CT molecular complexity index is 484. The monoisotopic (exact) mass is 350 g/mol. The smallest absolute Gasteiger partial charge is 0.338 e. The predicted octanol–water partition coefficient (Wildman–Crippen LogP) is 2.53. The molecule has 0 aliphatic carbocycles. The highest BCUT2D eigenvalue weighted by molar-refractivity contribution is 9.11. The summed E-state index contributed by atoms with van der Waals surface area (Å²) in [6, 6.07) is 0.884. The molecule has 0 unspecified atom stereocenters. The van der Waals surface area contributed by atoms with Crippen LogP contribution in [0.2, 0.25) is 0 Å². The van der Waals surface area contributed by atoms with Crippen LogP contribution in [0.5, 0.6) is 0 Å². The summed E-state index contributed by atoms with van der Waals surface area (Å²) in [5.41, 5.74) is -0.904. The quantitative estimate of drug-likeness (QED) is 0.838. The zero-order valence-corrected chi connectivity index (χ0v) is 12.3. The van der Waals surface area contributed by atoms with E-state index in [1.807, 2.05) is 0 Å². The van der Waals surface area contributed by atoms with Crippen LogP contribution in [0, 0.1) is 0 Å². The lowest BCUT2D eigenvalue weighted by atomic mass is 10.3. The van der Waals surface area contributed by atoms with Gasteiger partial charge >= 0.3 is 6.18 Å². The summed E-state index contributed by atoms with van der Waals surface area (Å²) in [5.74, 6) is 0.136. The van der Waals surface area contributed by atoms with E-state index >= 15 is 0 Å². The largest absolute Gasteiger partial charge is 0.433 e. The summed E-state index contributed by atoms with van der Waals surface area (Å²) < 4.78 is 38.7. The van der Waals surface area contributed by atoms with Crippen molar-refractivity contribution in [3.05, 3.63) is 29.0 Å². The van der Waals surface area contributed by atoms with E-state index in [-0.39, 0.29) is 5.95 Å². The van der Waals surface area contributed by atoms with Crippen LogP contribution >= 0.6 is 15.9 Å². The fourth-order valence-corrected chi connectivity index (χ4v) is 2.36. The highest BCUT2D eigenvalue weighted by Gasteiger charge is 2.33. The Labute approximate surface area is 123 Å². The predicted molar refractivity (Wildman–Crippen MR) is 73.8 cm³/mol. The molecular formula is C12H14BrF3N4. The maximum Gasteiger partial charge on any atom is 0.433 e. The minimum atomic E-state index is -4.44. The fraction of sp³-hybridized carbons (Fsp3) is 0.500. The number of aromatic nitrogens is 2. The van der Waals surface area contributed by atoms with E-state index in [0.29, 0.717) is 13.1 Å². The summed E-state index contributed by atoms with van der Waals surface area (Å²) >= 11 is 3.30. The zero-order valence-electron chi connectivity index (χ0n) is 10.7. The van der Waals surface area contributed by atoms with Crippen molar-refractivity contribution in [2.45, 2.75) is 6.18 Å². The van der Waals surface area contributed by atoms with Crippen LogP contribution in [0.4, 0.5) is 19.1 Å². The number of hydrogen-bond donors (Lipinski definition) is 0. The maximum absolute atomic E-state index is 12.6. The van der Waals surface area contributed by atoms with Crippen molar-refractivity contribution in [1.82, 2.24) is 14.9 Å². The first kappa shape index (κ1) is 15.2.